The summed E-state index contributed by atoms with van der Waals surface area (Å²) in [6.07, 6.45) is 4.45. The highest BCUT2D eigenvalue weighted by Gasteiger charge is 2.60. The monoisotopic (exact) mass is 331 g/mol. The van der Waals surface area contributed by atoms with Crippen molar-refractivity contribution in [2.45, 2.75) is 44.7 Å². The molecule has 128 valence electrons. The number of rotatable bonds is 1. The molecule has 1 aliphatic carbocycles. The van der Waals surface area contributed by atoms with Gasteiger partial charge in [-0.3, -0.25) is 4.79 Å². The average Bonchev–Trinajstić information content (AvgIpc) is 2.84. The highest BCUT2D eigenvalue weighted by atomic mass is 16.2. The molecule has 0 unspecified atom stereocenters. The Hall–Kier alpha value is -2.35. The van der Waals surface area contributed by atoms with Crippen LogP contribution in [0.15, 0.2) is 60.7 Å². The van der Waals surface area contributed by atoms with Crippen LogP contribution < -0.4 is 0 Å². The summed E-state index contributed by atoms with van der Waals surface area (Å²) in [7, 11) is 0. The van der Waals surface area contributed by atoms with Crippen LogP contribution >= 0.6 is 0 Å². The number of likely N-dealkylation sites (tertiary alicyclic amines) is 1. The van der Waals surface area contributed by atoms with E-state index in [0.717, 1.165) is 11.1 Å². The van der Waals surface area contributed by atoms with Gasteiger partial charge in [-0.1, -0.05) is 66.7 Å². The first kappa shape index (κ1) is 16.1. The van der Waals surface area contributed by atoms with E-state index in [1.54, 1.807) is 0 Å². The Balaban J connectivity index is 1.95. The molecule has 0 spiro atoms. The summed E-state index contributed by atoms with van der Waals surface area (Å²) < 4.78 is 0. The largest absolute Gasteiger partial charge is 0.329 e. The van der Waals surface area contributed by atoms with E-state index in [2.05, 4.69) is 81.1 Å². The lowest BCUT2D eigenvalue weighted by molar-refractivity contribution is -0.137. The van der Waals surface area contributed by atoms with Crippen LogP contribution in [0, 0.1) is 5.92 Å². The van der Waals surface area contributed by atoms with Gasteiger partial charge in [-0.2, -0.15) is 0 Å². The summed E-state index contributed by atoms with van der Waals surface area (Å²) in [5, 5.41) is 0. The topological polar surface area (TPSA) is 20.3 Å². The van der Waals surface area contributed by atoms with E-state index in [-0.39, 0.29) is 23.4 Å². The van der Waals surface area contributed by atoms with Gasteiger partial charge in [-0.05, 0) is 44.4 Å². The third-order valence-corrected chi connectivity index (χ3v) is 5.82. The molecule has 0 bridgehead atoms. The maximum atomic E-state index is 13.7. The van der Waals surface area contributed by atoms with Crippen molar-refractivity contribution in [3.63, 3.8) is 0 Å². The third-order valence-electron chi connectivity index (χ3n) is 5.82. The number of benzene rings is 2. The van der Waals surface area contributed by atoms with Crippen molar-refractivity contribution in [2.24, 2.45) is 5.92 Å². The van der Waals surface area contributed by atoms with Crippen LogP contribution in [0.2, 0.25) is 0 Å². The first-order valence-electron chi connectivity index (χ1n) is 9.01. The fraction of sp³-hybridized carbons (Fsp3) is 0.348. The molecule has 2 nitrogen and oxygen atoms in total. The molecule has 2 aliphatic rings. The average molecular weight is 331 g/mol. The number of hydrogen-bond acceptors (Lipinski definition) is 1. The molecule has 1 fully saturated rings. The minimum Gasteiger partial charge on any atom is -0.329 e. The summed E-state index contributed by atoms with van der Waals surface area (Å²) in [5.41, 5.74) is 2.78. The number of carbonyl (C=O) groups excluding carboxylic acids is 1. The minimum atomic E-state index is -0.515. The van der Waals surface area contributed by atoms with Crippen LogP contribution in [0.4, 0.5) is 0 Å². The summed E-state index contributed by atoms with van der Waals surface area (Å²) in [4.78, 5) is 15.9. The molecule has 1 saturated heterocycles. The fourth-order valence-corrected chi connectivity index (χ4v) is 4.64. The second-order valence-corrected chi connectivity index (χ2v) is 8.38. The van der Waals surface area contributed by atoms with Crippen molar-refractivity contribution >= 4 is 12.0 Å². The quantitative estimate of drug-likeness (QED) is 0.722. The van der Waals surface area contributed by atoms with Crippen molar-refractivity contribution in [1.82, 2.24) is 4.90 Å². The fourth-order valence-electron chi connectivity index (χ4n) is 4.64. The molecule has 2 aromatic carbocycles. The van der Waals surface area contributed by atoms with Crippen molar-refractivity contribution in [1.29, 1.82) is 0 Å². The second kappa shape index (κ2) is 5.32. The van der Waals surface area contributed by atoms with Crippen molar-refractivity contribution < 1.29 is 4.79 Å². The van der Waals surface area contributed by atoms with Gasteiger partial charge in [0.1, 0.15) is 0 Å². The number of nitrogens with zero attached hydrogens (tertiary/aromatic N) is 1. The van der Waals surface area contributed by atoms with Gasteiger partial charge in [0.25, 0.3) is 0 Å². The Morgan fingerprint density at radius 1 is 0.960 bits per heavy atom. The van der Waals surface area contributed by atoms with E-state index in [0.29, 0.717) is 0 Å². The van der Waals surface area contributed by atoms with E-state index in [1.165, 1.54) is 5.56 Å². The molecule has 4 rings (SSSR count). The molecule has 1 heterocycles. The van der Waals surface area contributed by atoms with E-state index >= 15 is 0 Å². The van der Waals surface area contributed by atoms with Gasteiger partial charge < -0.3 is 4.90 Å². The van der Waals surface area contributed by atoms with E-state index in [4.69, 9.17) is 0 Å². The van der Waals surface area contributed by atoms with Crippen LogP contribution in [0.25, 0.3) is 6.08 Å². The lowest BCUT2D eigenvalue weighted by atomic mass is 9.66. The van der Waals surface area contributed by atoms with Gasteiger partial charge in [0, 0.05) is 11.5 Å². The molecular formula is C23H25NO. The van der Waals surface area contributed by atoms with Gasteiger partial charge in [0.15, 0.2) is 0 Å². The number of hydrogen-bond donors (Lipinski definition) is 0. The van der Waals surface area contributed by atoms with Crippen LogP contribution in [0.1, 0.15) is 50.4 Å². The van der Waals surface area contributed by atoms with Crippen LogP contribution in [0.5, 0.6) is 0 Å². The third kappa shape index (κ3) is 2.20. The van der Waals surface area contributed by atoms with Crippen LogP contribution in [-0.4, -0.2) is 16.3 Å². The Morgan fingerprint density at radius 2 is 1.60 bits per heavy atom. The molecule has 1 aliphatic heterocycles. The second-order valence-electron chi connectivity index (χ2n) is 8.38. The zero-order valence-corrected chi connectivity index (χ0v) is 15.4. The van der Waals surface area contributed by atoms with Gasteiger partial charge in [-0.15, -0.1) is 0 Å². The molecule has 2 heteroatoms. The van der Waals surface area contributed by atoms with E-state index < -0.39 is 5.41 Å². The van der Waals surface area contributed by atoms with Crippen molar-refractivity contribution in [3.8, 4) is 0 Å². The van der Waals surface area contributed by atoms with Crippen LogP contribution in [-0.2, 0) is 10.2 Å². The van der Waals surface area contributed by atoms with Crippen molar-refractivity contribution in [3.05, 3.63) is 77.4 Å². The molecular weight excluding hydrogens is 306 g/mol. The molecule has 0 radical (unpaired) electrons. The molecule has 0 saturated carbocycles. The predicted octanol–water partition coefficient (Wildman–Crippen LogP) is 4.97. The van der Waals surface area contributed by atoms with Crippen LogP contribution in [0.3, 0.4) is 0 Å². The summed E-state index contributed by atoms with van der Waals surface area (Å²) in [5.74, 6) is 0.368. The SMILES string of the molecule is CC(C)(C)N1C(=O)[C@@]2(C)c3ccccc3C=C[C@H]2[C@@H]1c1ccccc1. The molecule has 0 N–H and O–H groups in total. The van der Waals surface area contributed by atoms with E-state index in [9.17, 15) is 4.79 Å². The zero-order valence-electron chi connectivity index (χ0n) is 15.4. The molecule has 0 aromatic heterocycles. The summed E-state index contributed by atoms with van der Waals surface area (Å²) >= 11 is 0. The Morgan fingerprint density at radius 3 is 2.28 bits per heavy atom. The van der Waals surface area contributed by atoms with Gasteiger partial charge >= 0.3 is 0 Å². The van der Waals surface area contributed by atoms with Gasteiger partial charge in [0.2, 0.25) is 5.91 Å². The first-order valence-corrected chi connectivity index (χ1v) is 9.01. The smallest absolute Gasteiger partial charge is 0.234 e. The van der Waals surface area contributed by atoms with Crippen molar-refractivity contribution in [2.75, 3.05) is 0 Å². The Labute approximate surface area is 150 Å². The Bertz CT molecular complexity index is 846. The maximum Gasteiger partial charge on any atom is 0.234 e. The highest BCUT2D eigenvalue weighted by molar-refractivity contribution is 5.94. The lowest BCUT2D eigenvalue weighted by Crippen LogP contribution is -2.47. The number of carbonyl (C=O) groups is 1. The van der Waals surface area contributed by atoms with E-state index in [1.807, 2.05) is 18.2 Å². The maximum absolute atomic E-state index is 13.7. The molecule has 2 aromatic rings. The van der Waals surface area contributed by atoms with Gasteiger partial charge in [-0.25, -0.2) is 0 Å². The minimum absolute atomic E-state index is 0.0586. The normalized spacial score (nSPS) is 28.0. The molecule has 1 amide bonds. The Kier molecular flexibility index (Phi) is 3.44. The highest BCUT2D eigenvalue weighted by Crippen LogP contribution is 2.56. The zero-order chi connectivity index (χ0) is 17.8. The summed E-state index contributed by atoms with van der Waals surface area (Å²) in [6.45, 7) is 8.54. The predicted molar refractivity (Wildman–Crippen MR) is 102 cm³/mol. The number of amides is 1. The molecule has 3 atom stereocenters. The van der Waals surface area contributed by atoms with Gasteiger partial charge in [0.05, 0.1) is 11.5 Å². The molecule has 25 heavy (non-hydrogen) atoms. The standard InChI is InChI=1S/C23H25NO/c1-22(2,3)24-20(17-11-6-5-7-12-17)19-15-14-16-10-8-9-13-18(16)23(19,4)21(24)25/h5-15,19-20H,1-4H3/t19-,20-,23-/m0/s1. The lowest BCUT2D eigenvalue weighted by Gasteiger charge is -2.38. The summed E-state index contributed by atoms with van der Waals surface area (Å²) in [6, 6.07) is 18.8. The first-order chi connectivity index (χ1) is 11.8. The number of fused-ring (bicyclic) bond motifs is 3.